The van der Waals surface area contributed by atoms with E-state index in [0.717, 1.165) is 0 Å². The average molecular weight is 295 g/mol. The topological polar surface area (TPSA) is 33.4 Å². The molecule has 0 aromatic carbocycles. The Balaban J connectivity index is 2.02. The first-order valence-electron chi connectivity index (χ1n) is 5.28. The third kappa shape index (κ3) is 2.46. The van der Waals surface area contributed by atoms with Gasteiger partial charge in [0.15, 0.2) is 0 Å². The van der Waals surface area contributed by atoms with Gasteiger partial charge in [0.05, 0.1) is 10.7 Å². The van der Waals surface area contributed by atoms with E-state index in [4.69, 9.17) is 4.42 Å². The van der Waals surface area contributed by atoms with E-state index in [1.807, 2.05) is 0 Å². The number of rotatable bonds is 2. The van der Waals surface area contributed by atoms with Gasteiger partial charge in [-0.2, -0.15) is 0 Å². The number of furan rings is 1. The summed E-state index contributed by atoms with van der Waals surface area (Å²) in [5.41, 5.74) is 0. The van der Waals surface area contributed by atoms with Crippen LogP contribution in [-0.2, 0) is 0 Å². The molecule has 2 rings (SSSR count). The van der Waals surface area contributed by atoms with Gasteiger partial charge in [0.1, 0.15) is 11.9 Å². The number of aliphatic hydroxyl groups excluding tert-OH is 1. The molecule has 0 aliphatic heterocycles. The van der Waals surface area contributed by atoms with E-state index in [1.54, 1.807) is 6.07 Å². The normalized spacial score (nSPS) is 23.2. The first-order chi connectivity index (χ1) is 7.49. The van der Waals surface area contributed by atoms with Gasteiger partial charge in [-0.05, 0) is 40.8 Å². The van der Waals surface area contributed by atoms with Gasteiger partial charge in [0, 0.05) is 12.8 Å². The van der Waals surface area contributed by atoms with Crippen LogP contribution in [0.25, 0.3) is 0 Å². The second-order valence-corrected chi connectivity index (χ2v) is 5.13. The van der Waals surface area contributed by atoms with E-state index in [9.17, 15) is 13.9 Å². The van der Waals surface area contributed by atoms with Gasteiger partial charge in [-0.3, -0.25) is 0 Å². The van der Waals surface area contributed by atoms with Gasteiger partial charge in [-0.15, -0.1) is 0 Å². The summed E-state index contributed by atoms with van der Waals surface area (Å²) in [6.07, 6.45) is 1.06. The third-order valence-electron chi connectivity index (χ3n) is 3.12. The van der Waals surface area contributed by atoms with Crippen molar-refractivity contribution in [2.75, 3.05) is 0 Å². The molecule has 1 aromatic heterocycles. The fraction of sp³-hybridized carbons (Fsp3) is 0.636. The maximum absolute atomic E-state index is 12.9. The molecule has 1 aliphatic carbocycles. The Kier molecular flexibility index (Phi) is 3.35. The van der Waals surface area contributed by atoms with Gasteiger partial charge in [0.25, 0.3) is 0 Å². The molecule has 16 heavy (non-hydrogen) atoms. The first-order valence-corrected chi connectivity index (χ1v) is 6.08. The number of hydrogen-bond donors (Lipinski definition) is 1. The standard InChI is InChI=1S/C11H13BrF2O2/c12-8-3-6-16-10(8)9(15)7-1-4-11(13,14)5-2-7/h3,6-7,9,15H,1-2,4-5H2. The van der Waals surface area contributed by atoms with E-state index in [1.165, 1.54) is 6.26 Å². The summed E-state index contributed by atoms with van der Waals surface area (Å²) >= 11 is 3.25. The quantitative estimate of drug-likeness (QED) is 0.897. The SMILES string of the molecule is OC(c1occc1Br)C1CCC(F)(F)CC1. The Morgan fingerprint density at radius 2 is 2.06 bits per heavy atom. The molecule has 1 aliphatic rings. The van der Waals surface area contributed by atoms with Gasteiger partial charge in [0.2, 0.25) is 5.92 Å². The van der Waals surface area contributed by atoms with Crippen LogP contribution in [0.2, 0.25) is 0 Å². The summed E-state index contributed by atoms with van der Waals surface area (Å²) < 4.78 is 31.7. The number of halogens is 3. The Morgan fingerprint density at radius 3 is 2.56 bits per heavy atom. The molecule has 5 heteroatoms. The molecule has 0 bridgehead atoms. The van der Waals surface area contributed by atoms with Crippen LogP contribution < -0.4 is 0 Å². The maximum atomic E-state index is 12.9. The molecule has 90 valence electrons. The average Bonchev–Trinajstić information content (AvgIpc) is 2.63. The molecule has 1 saturated carbocycles. The molecule has 0 saturated heterocycles. The predicted molar refractivity (Wildman–Crippen MR) is 58.3 cm³/mol. The lowest BCUT2D eigenvalue weighted by Crippen LogP contribution is -2.27. The summed E-state index contributed by atoms with van der Waals surface area (Å²) in [7, 11) is 0. The summed E-state index contributed by atoms with van der Waals surface area (Å²) in [6.45, 7) is 0. The molecule has 1 aromatic rings. The second kappa shape index (κ2) is 4.45. The van der Waals surface area contributed by atoms with Crippen molar-refractivity contribution in [1.82, 2.24) is 0 Å². The smallest absolute Gasteiger partial charge is 0.248 e. The highest BCUT2D eigenvalue weighted by Gasteiger charge is 2.38. The van der Waals surface area contributed by atoms with Crippen LogP contribution in [0.5, 0.6) is 0 Å². The molecule has 0 radical (unpaired) electrons. The molecule has 1 atom stereocenters. The van der Waals surface area contributed by atoms with Crippen molar-refractivity contribution in [1.29, 1.82) is 0 Å². The Bertz CT molecular complexity index is 355. The fourth-order valence-electron chi connectivity index (χ4n) is 2.11. The van der Waals surface area contributed by atoms with Crippen molar-refractivity contribution in [3.63, 3.8) is 0 Å². The minimum atomic E-state index is -2.56. The number of hydrogen-bond acceptors (Lipinski definition) is 2. The van der Waals surface area contributed by atoms with E-state index in [2.05, 4.69) is 15.9 Å². The molecule has 1 unspecified atom stereocenters. The largest absolute Gasteiger partial charge is 0.465 e. The third-order valence-corrected chi connectivity index (χ3v) is 3.78. The molecule has 2 nitrogen and oxygen atoms in total. The van der Waals surface area contributed by atoms with Crippen molar-refractivity contribution >= 4 is 15.9 Å². The van der Waals surface area contributed by atoms with E-state index < -0.39 is 12.0 Å². The van der Waals surface area contributed by atoms with Crippen molar-refractivity contribution in [2.45, 2.75) is 37.7 Å². The lowest BCUT2D eigenvalue weighted by Gasteiger charge is -2.30. The van der Waals surface area contributed by atoms with Crippen LogP contribution in [0, 0.1) is 5.92 Å². The van der Waals surface area contributed by atoms with Crippen LogP contribution in [0.1, 0.15) is 37.5 Å². The van der Waals surface area contributed by atoms with Crippen LogP contribution in [-0.4, -0.2) is 11.0 Å². The van der Waals surface area contributed by atoms with Crippen molar-refractivity contribution < 1.29 is 18.3 Å². The molecule has 0 spiro atoms. The molecular weight excluding hydrogens is 282 g/mol. The summed E-state index contributed by atoms with van der Waals surface area (Å²) in [5.74, 6) is -2.26. The monoisotopic (exact) mass is 294 g/mol. The van der Waals surface area contributed by atoms with E-state index in [0.29, 0.717) is 23.1 Å². The van der Waals surface area contributed by atoms with Crippen molar-refractivity contribution in [3.05, 3.63) is 22.6 Å². The van der Waals surface area contributed by atoms with Gasteiger partial charge >= 0.3 is 0 Å². The highest BCUT2D eigenvalue weighted by atomic mass is 79.9. The lowest BCUT2D eigenvalue weighted by molar-refractivity contribution is -0.0653. The Morgan fingerprint density at radius 1 is 1.44 bits per heavy atom. The summed E-state index contributed by atoms with van der Waals surface area (Å²) in [6, 6.07) is 1.69. The number of alkyl halides is 2. The predicted octanol–water partition coefficient (Wildman–Crippen LogP) is 3.90. The highest BCUT2D eigenvalue weighted by Crippen LogP contribution is 2.42. The highest BCUT2D eigenvalue weighted by molar-refractivity contribution is 9.10. The van der Waals surface area contributed by atoms with Crippen molar-refractivity contribution in [2.24, 2.45) is 5.92 Å². The zero-order valence-corrected chi connectivity index (χ0v) is 10.2. The van der Waals surface area contributed by atoms with E-state index in [-0.39, 0.29) is 18.8 Å². The first kappa shape index (κ1) is 12.0. The van der Waals surface area contributed by atoms with Gasteiger partial charge < -0.3 is 9.52 Å². The van der Waals surface area contributed by atoms with Crippen LogP contribution in [0.15, 0.2) is 21.2 Å². The summed E-state index contributed by atoms with van der Waals surface area (Å²) in [4.78, 5) is 0. The zero-order valence-electron chi connectivity index (χ0n) is 8.63. The fourth-order valence-corrected chi connectivity index (χ4v) is 2.54. The van der Waals surface area contributed by atoms with Crippen molar-refractivity contribution in [3.8, 4) is 0 Å². The summed E-state index contributed by atoms with van der Waals surface area (Å²) in [5, 5.41) is 10.0. The van der Waals surface area contributed by atoms with Gasteiger partial charge in [-0.1, -0.05) is 0 Å². The molecule has 1 heterocycles. The number of aliphatic hydroxyl groups is 1. The van der Waals surface area contributed by atoms with Crippen LogP contribution in [0.4, 0.5) is 8.78 Å². The van der Waals surface area contributed by atoms with E-state index >= 15 is 0 Å². The molecular formula is C11H13BrF2O2. The molecule has 0 amide bonds. The molecule has 1 fully saturated rings. The lowest BCUT2D eigenvalue weighted by atomic mass is 9.82. The maximum Gasteiger partial charge on any atom is 0.248 e. The van der Waals surface area contributed by atoms with Gasteiger partial charge in [-0.25, -0.2) is 8.78 Å². The minimum absolute atomic E-state index is 0.137. The molecule has 1 N–H and O–H groups in total. The Hall–Kier alpha value is -0.420. The zero-order chi connectivity index (χ0) is 11.8. The minimum Gasteiger partial charge on any atom is -0.465 e. The van der Waals surface area contributed by atoms with Crippen LogP contribution in [0.3, 0.4) is 0 Å². The second-order valence-electron chi connectivity index (χ2n) is 4.27. The Labute approximate surface area is 101 Å². The van der Waals surface area contributed by atoms with Crippen LogP contribution >= 0.6 is 15.9 Å².